The Balaban J connectivity index is 2.17. The quantitative estimate of drug-likeness (QED) is 0.867. The number of benzene rings is 1. The minimum absolute atomic E-state index is 0.0376. The van der Waals surface area contributed by atoms with Gasteiger partial charge in [-0.05, 0) is 18.2 Å². The zero-order valence-electron chi connectivity index (χ0n) is 8.21. The molecule has 1 aromatic heterocycles. The van der Waals surface area contributed by atoms with Crippen LogP contribution in [0.5, 0.6) is 0 Å². The zero-order valence-corrected chi connectivity index (χ0v) is 8.96. The largest absolute Gasteiger partial charge is 0.432 e. The van der Waals surface area contributed by atoms with E-state index in [1.165, 1.54) is 24.5 Å². The summed E-state index contributed by atoms with van der Waals surface area (Å²) < 4.78 is 18.0. The highest BCUT2D eigenvalue weighted by Crippen LogP contribution is 2.22. The van der Waals surface area contributed by atoms with Gasteiger partial charge in [0, 0.05) is 12.2 Å². The van der Waals surface area contributed by atoms with Gasteiger partial charge in [-0.2, -0.15) is 4.98 Å². The monoisotopic (exact) mass is 241 g/mol. The van der Waals surface area contributed by atoms with Gasteiger partial charge in [0.05, 0.1) is 10.7 Å². The molecule has 0 fully saturated rings. The maximum absolute atomic E-state index is 12.9. The molecular weight excluding hydrogens is 233 g/mol. The lowest BCUT2D eigenvalue weighted by atomic mass is 10.3. The molecule has 6 heteroatoms. The number of hydrogen-bond acceptors (Lipinski definition) is 4. The first-order valence-corrected chi connectivity index (χ1v) is 4.93. The molecule has 3 N–H and O–H groups in total. The maximum atomic E-state index is 12.9. The number of halogens is 2. The average molecular weight is 242 g/mol. The van der Waals surface area contributed by atoms with Crippen LogP contribution in [0.3, 0.4) is 0 Å². The van der Waals surface area contributed by atoms with Crippen molar-refractivity contribution < 1.29 is 8.81 Å². The molecule has 0 aliphatic rings. The lowest BCUT2D eigenvalue weighted by Crippen LogP contribution is -1.97. The van der Waals surface area contributed by atoms with Crippen molar-refractivity contribution in [3.63, 3.8) is 0 Å². The molecule has 0 amide bonds. The van der Waals surface area contributed by atoms with Crippen LogP contribution < -0.4 is 11.1 Å². The van der Waals surface area contributed by atoms with Crippen molar-refractivity contribution in [2.24, 2.45) is 5.73 Å². The zero-order chi connectivity index (χ0) is 11.5. The van der Waals surface area contributed by atoms with Gasteiger partial charge in [0.15, 0.2) is 0 Å². The van der Waals surface area contributed by atoms with Gasteiger partial charge in [-0.1, -0.05) is 11.6 Å². The van der Waals surface area contributed by atoms with E-state index in [1.807, 2.05) is 0 Å². The average Bonchev–Trinajstić information content (AvgIpc) is 2.71. The molecule has 0 bridgehead atoms. The fraction of sp³-hybridized carbons (Fsp3) is 0.100. The van der Waals surface area contributed by atoms with Crippen molar-refractivity contribution in [3.05, 3.63) is 41.0 Å². The first kappa shape index (κ1) is 10.9. The van der Waals surface area contributed by atoms with Gasteiger partial charge in [0.2, 0.25) is 0 Å². The van der Waals surface area contributed by atoms with Gasteiger partial charge >= 0.3 is 0 Å². The Kier molecular flexibility index (Phi) is 3.07. The van der Waals surface area contributed by atoms with Gasteiger partial charge < -0.3 is 15.5 Å². The molecule has 16 heavy (non-hydrogen) atoms. The lowest BCUT2D eigenvalue weighted by Gasteiger charge is -2.02. The summed E-state index contributed by atoms with van der Waals surface area (Å²) in [5.41, 5.74) is 6.61. The maximum Gasteiger partial charge on any atom is 0.299 e. The molecule has 0 atom stereocenters. The minimum atomic E-state index is -0.470. The number of nitrogens with zero attached hydrogens (tertiary/aromatic N) is 1. The van der Waals surface area contributed by atoms with E-state index in [-0.39, 0.29) is 5.02 Å². The highest BCUT2D eigenvalue weighted by Gasteiger charge is 2.05. The summed E-state index contributed by atoms with van der Waals surface area (Å²) in [5.74, 6) is -0.470. The van der Waals surface area contributed by atoms with E-state index in [0.29, 0.717) is 23.9 Å². The normalized spacial score (nSPS) is 10.4. The molecule has 0 saturated carbocycles. The van der Waals surface area contributed by atoms with Crippen LogP contribution in [0, 0.1) is 5.82 Å². The number of hydrogen-bond donors (Lipinski definition) is 2. The van der Waals surface area contributed by atoms with Crippen LogP contribution >= 0.6 is 11.6 Å². The van der Waals surface area contributed by atoms with Crippen LogP contribution in [0.2, 0.25) is 5.02 Å². The summed E-state index contributed by atoms with van der Waals surface area (Å²) in [6.07, 6.45) is 1.45. The Morgan fingerprint density at radius 3 is 2.94 bits per heavy atom. The van der Waals surface area contributed by atoms with E-state index in [2.05, 4.69) is 10.3 Å². The van der Waals surface area contributed by atoms with E-state index in [0.717, 1.165) is 0 Å². The summed E-state index contributed by atoms with van der Waals surface area (Å²) in [7, 11) is 0. The van der Waals surface area contributed by atoms with Crippen molar-refractivity contribution in [2.45, 2.75) is 6.54 Å². The second-order valence-corrected chi connectivity index (χ2v) is 3.51. The van der Waals surface area contributed by atoms with E-state index in [1.54, 1.807) is 0 Å². The summed E-state index contributed by atoms with van der Waals surface area (Å²) in [6, 6.07) is 4.54. The molecule has 0 saturated heterocycles. The number of aromatic nitrogens is 1. The van der Waals surface area contributed by atoms with Crippen LogP contribution in [0.4, 0.5) is 16.1 Å². The second kappa shape index (κ2) is 4.51. The smallest absolute Gasteiger partial charge is 0.299 e. The number of nitrogens with two attached hydrogens (primary N) is 1. The number of anilines is 2. The summed E-state index contributed by atoms with van der Waals surface area (Å²) in [6.45, 7) is 0.301. The van der Waals surface area contributed by atoms with E-state index >= 15 is 0 Å². The van der Waals surface area contributed by atoms with Crippen molar-refractivity contribution in [3.8, 4) is 0 Å². The van der Waals surface area contributed by atoms with Crippen LogP contribution in [0.15, 0.2) is 28.9 Å². The SMILES string of the molecule is NCc1coc(Nc2ccc(F)c(Cl)c2)n1. The minimum Gasteiger partial charge on any atom is -0.432 e. The molecule has 0 spiro atoms. The molecule has 0 radical (unpaired) electrons. The molecule has 2 aromatic rings. The van der Waals surface area contributed by atoms with Gasteiger partial charge in [-0.3, -0.25) is 0 Å². The summed E-state index contributed by atoms with van der Waals surface area (Å²) in [4.78, 5) is 4.04. The molecule has 0 aliphatic carbocycles. The van der Waals surface area contributed by atoms with Crippen LogP contribution in [-0.2, 0) is 6.54 Å². The van der Waals surface area contributed by atoms with E-state index in [9.17, 15) is 4.39 Å². The topological polar surface area (TPSA) is 64.1 Å². The Morgan fingerprint density at radius 2 is 2.31 bits per heavy atom. The highest BCUT2D eigenvalue weighted by atomic mass is 35.5. The number of nitrogens with one attached hydrogen (secondary N) is 1. The summed E-state index contributed by atoms with van der Waals surface area (Å²) >= 11 is 5.63. The van der Waals surface area contributed by atoms with Crippen LogP contribution in [-0.4, -0.2) is 4.98 Å². The van der Waals surface area contributed by atoms with Crippen LogP contribution in [0.1, 0.15) is 5.69 Å². The van der Waals surface area contributed by atoms with Gasteiger partial charge in [-0.25, -0.2) is 4.39 Å². The van der Waals surface area contributed by atoms with Crippen molar-refractivity contribution in [1.82, 2.24) is 4.98 Å². The fourth-order valence-corrected chi connectivity index (χ4v) is 1.34. The van der Waals surface area contributed by atoms with Gasteiger partial charge in [0.25, 0.3) is 6.01 Å². The molecule has 1 heterocycles. The lowest BCUT2D eigenvalue weighted by molar-refractivity contribution is 0.575. The molecule has 4 nitrogen and oxygen atoms in total. The third kappa shape index (κ3) is 2.32. The predicted octanol–water partition coefficient (Wildman–Crippen LogP) is 2.67. The first-order chi connectivity index (χ1) is 7.69. The number of rotatable bonds is 3. The van der Waals surface area contributed by atoms with Gasteiger partial charge in [-0.15, -0.1) is 0 Å². The van der Waals surface area contributed by atoms with Crippen LogP contribution in [0.25, 0.3) is 0 Å². The Bertz CT molecular complexity index is 501. The first-order valence-electron chi connectivity index (χ1n) is 4.55. The predicted molar refractivity (Wildman–Crippen MR) is 59.1 cm³/mol. The standard InChI is InChI=1S/C10H9ClFN3O/c11-8-3-6(1-2-9(8)12)14-10-15-7(4-13)5-16-10/h1-3,5H,4,13H2,(H,14,15). The molecule has 0 aliphatic heterocycles. The summed E-state index contributed by atoms with van der Waals surface area (Å²) in [5, 5.41) is 2.88. The second-order valence-electron chi connectivity index (χ2n) is 3.10. The van der Waals surface area contributed by atoms with Crippen molar-refractivity contribution in [1.29, 1.82) is 0 Å². The number of oxazole rings is 1. The highest BCUT2D eigenvalue weighted by molar-refractivity contribution is 6.31. The Labute approximate surface area is 96.2 Å². The molecule has 1 aromatic carbocycles. The fourth-order valence-electron chi connectivity index (χ4n) is 1.16. The molecule has 0 unspecified atom stereocenters. The van der Waals surface area contributed by atoms with Crippen molar-refractivity contribution in [2.75, 3.05) is 5.32 Å². The van der Waals surface area contributed by atoms with Gasteiger partial charge in [0.1, 0.15) is 12.1 Å². The van der Waals surface area contributed by atoms with E-state index < -0.39 is 5.82 Å². The molecule has 2 rings (SSSR count). The third-order valence-electron chi connectivity index (χ3n) is 1.93. The van der Waals surface area contributed by atoms with E-state index in [4.69, 9.17) is 21.8 Å². The Morgan fingerprint density at radius 1 is 1.50 bits per heavy atom. The third-order valence-corrected chi connectivity index (χ3v) is 2.22. The molecular formula is C10H9ClFN3O. The molecule has 84 valence electrons. The Hall–Kier alpha value is -1.59. The van der Waals surface area contributed by atoms with Crippen molar-refractivity contribution >= 4 is 23.3 Å².